The van der Waals surface area contributed by atoms with Crippen LogP contribution in [0.2, 0.25) is 0 Å². The van der Waals surface area contributed by atoms with Gasteiger partial charge in [-0.3, -0.25) is 13.4 Å². The van der Waals surface area contributed by atoms with Gasteiger partial charge < -0.3 is 46.4 Å². The van der Waals surface area contributed by atoms with Gasteiger partial charge in [-0.1, -0.05) is 11.8 Å². The maximum absolute atomic E-state index is 11.1. The maximum Gasteiger partial charge on any atom is 0.278 e. The average molecular weight is 640 g/mol. The quantitative estimate of drug-likeness (QED) is 0.159. The number of phosphoric acid groups is 2. The second-order valence-corrected chi connectivity index (χ2v) is 11.5. The molecular formula is C5H9O11P3S2U-4. The minimum atomic E-state index is -5.61. The number of aliphatic hydroxyl groups excluding tert-OH is 2. The van der Waals surface area contributed by atoms with Gasteiger partial charge in [0.25, 0.3) is 15.6 Å². The van der Waals surface area contributed by atoms with E-state index in [1.807, 2.05) is 0 Å². The maximum atomic E-state index is 11.1. The van der Waals surface area contributed by atoms with Gasteiger partial charge in [0.2, 0.25) is 0 Å². The Morgan fingerprint density at radius 3 is 2.27 bits per heavy atom. The Balaban J connectivity index is 0.00000441. The van der Waals surface area contributed by atoms with E-state index in [0.717, 1.165) is 6.61 Å². The van der Waals surface area contributed by atoms with Crippen LogP contribution in [-0.2, 0) is 51.1 Å². The molecule has 3 N–H and O–H groups in total. The first-order valence-electron chi connectivity index (χ1n) is 4.89. The van der Waals surface area contributed by atoms with Gasteiger partial charge in [0.15, 0.2) is 0 Å². The second kappa shape index (κ2) is 9.19. The molecule has 11 nitrogen and oxygen atoms in total. The SMILES string of the molecule is O=P([O-])(O)OP(=O)([O-])OP(=S)([S-])OC[C@H]1O[CH-]C(O)[C@H]1O.[U]. The van der Waals surface area contributed by atoms with Crippen LogP contribution in [0.25, 0.3) is 0 Å². The Hall–Kier alpha value is 2.15. The monoisotopic (exact) mass is 640 g/mol. The van der Waals surface area contributed by atoms with E-state index in [4.69, 9.17) is 19.3 Å². The molecular weight excluding hydrogens is 631 g/mol. The van der Waals surface area contributed by atoms with E-state index in [1.165, 1.54) is 0 Å². The Morgan fingerprint density at radius 1 is 1.32 bits per heavy atom. The Labute approximate surface area is 159 Å². The van der Waals surface area contributed by atoms with Crippen LogP contribution in [0, 0.1) is 37.7 Å². The minimum Gasteiger partial charge on any atom is -0.756 e. The average Bonchev–Trinajstić information content (AvgIpc) is 2.52. The molecule has 0 amide bonds. The van der Waals surface area contributed by atoms with E-state index < -0.39 is 46.3 Å². The third-order valence-corrected chi connectivity index (χ3v) is 7.45. The standard InChI is InChI=1S/C5H12O11P3S2.U/c6-3-1-13-4(5(3)7)2-14-19(20,21)16-18(11,12)15-17(8,9)10;/h1,3-7H,2H2,(H,11,12)(H,20,21)(H2,8,9,10);/q-1;/p-3/t3?,4-,5-;/m1./s1. The summed E-state index contributed by atoms with van der Waals surface area (Å²) in [5.74, 6) is 0. The zero-order chi connectivity index (χ0) is 16.5. The molecule has 4 unspecified atom stereocenters. The summed E-state index contributed by atoms with van der Waals surface area (Å²) in [6.45, 7) is 0.400. The fourth-order valence-corrected chi connectivity index (χ4v) is 5.88. The zero-order valence-electron chi connectivity index (χ0n) is 10.3. The summed E-state index contributed by atoms with van der Waals surface area (Å²) < 4.78 is 38.3. The summed E-state index contributed by atoms with van der Waals surface area (Å²) in [5.41, 5.74) is -3.94. The van der Waals surface area contributed by atoms with Crippen molar-refractivity contribution in [1.82, 2.24) is 0 Å². The molecule has 130 valence electrons. The summed E-state index contributed by atoms with van der Waals surface area (Å²) in [4.78, 5) is 29.7. The Kier molecular flexibility index (Phi) is 10.1. The van der Waals surface area contributed by atoms with Crippen LogP contribution in [0.3, 0.4) is 0 Å². The number of hydrogen-bond donors (Lipinski definition) is 3. The predicted molar refractivity (Wildman–Crippen MR) is 68.4 cm³/mol. The molecule has 1 rings (SSSR count). The van der Waals surface area contributed by atoms with Crippen LogP contribution in [0.5, 0.6) is 0 Å². The molecule has 6 atom stereocenters. The van der Waals surface area contributed by atoms with Gasteiger partial charge in [0.05, 0.1) is 24.5 Å². The molecule has 1 fully saturated rings. The van der Waals surface area contributed by atoms with Crippen molar-refractivity contribution >= 4 is 45.4 Å². The number of rotatable bonds is 7. The Morgan fingerprint density at radius 2 is 1.86 bits per heavy atom. The predicted octanol–water partition coefficient (Wildman–Crippen LogP) is -1.98. The Bertz CT molecular complexity index is 512. The van der Waals surface area contributed by atoms with Crippen molar-refractivity contribution in [1.29, 1.82) is 0 Å². The molecule has 17 heteroatoms. The van der Waals surface area contributed by atoms with Gasteiger partial charge in [-0.25, -0.2) is 4.31 Å². The van der Waals surface area contributed by atoms with E-state index in [1.54, 1.807) is 0 Å². The van der Waals surface area contributed by atoms with Crippen molar-refractivity contribution in [3.8, 4) is 0 Å². The third-order valence-electron chi connectivity index (χ3n) is 1.92. The third kappa shape index (κ3) is 9.02. The van der Waals surface area contributed by atoms with Gasteiger partial charge in [-0.2, -0.15) is 6.61 Å². The molecule has 0 aliphatic carbocycles. The smallest absolute Gasteiger partial charge is 0.278 e. The summed E-state index contributed by atoms with van der Waals surface area (Å²) in [6.07, 6.45) is -3.67. The second-order valence-electron chi connectivity index (χ2n) is 3.61. The van der Waals surface area contributed by atoms with Gasteiger partial charge in [-0.05, 0) is 6.10 Å². The molecule has 1 heterocycles. The molecule has 0 bridgehead atoms. The largest absolute Gasteiger partial charge is 0.756 e. The summed E-state index contributed by atoms with van der Waals surface area (Å²) >= 11 is 9.06. The van der Waals surface area contributed by atoms with Crippen molar-refractivity contribution in [3.05, 3.63) is 6.61 Å². The molecule has 0 aromatic rings. The van der Waals surface area contributed by atoms with E-state index in [-0.39, 0.29) is 31.1 Å². The molecule has 0 spiro atoms. The van der Waals surface area contributed by atoms with Crippen LogP contribution in [0.4, 0.5) is 0 Å². The fourth-order valence-electron chi connectivity index (χ4n) is 1.15. The van der Waals surface area contributed by atoms with Crippen molar-refractivity contribution < 1.29 is 83.0 Å². The molecule has 0 aromatic carbocycles. The van der Waals surface area contributed by atoms with Crippen LogP contribution >= 0.6 is 21.3 Å². The first kappa shape index (κ1) is 24.2. The molecule has 1 saturated heterocycles. The van der Waals surface area contributed by atoms with E-state index in [9.17, 15) is 24.0 Å². The first-order valence-corrected chi connectivity index (χ1v) is 11.5. The van der Waals surface area contributed by atoms with Crippen LogP contribution in [0.1, 0.15) is 0 Å². The van der Waals surface area contributed by atoms with Gasteiger partial charge in [0, 0.05) is 31.1 Å². The van der Waals surface area contributed by atoms with Crippen LogP contribution < -0.4 is 9.79 Å². The summed E-state index contributed by atoms with van der Waals surface area (Å²) in [6, 6.07) is 0. The fraction of sp³-hybridized carbons (Fsp3) is 0.800. The molecule has 1 aliphatic rings. The van der Waals surface area contributed by atoms with Crippen molar-refractivity contribution in [2.75, 3.05) is 6.61 Å². The summed E-state index contributed by atoms with van der Waals surface area (Å²) in [7, 11) is -11.2. The molecule has 0 radical (unpaired) electrons. The van der Waals surface area contributed by atoms with Crippen LogP contribution in [-0.4, -0.2) is 40.0 Å². The minimum absolute atomic E-state index is 0. The topological polar surface area (TPSA) is 178 Å². The van der Waals surface area contributed by atoms with E-state index >= 15 is 0 Å². The van der Waals surface area contributed by atoms with E-state index in [0.29, 0.717) is 0 Å². The molecule has 0 saturated carbocycles. The van der Waals surface area contributed by atoms with Gasteiger partial charge >= 0.3 is 0 Å². The van der Waals surface area contributed by atoms with Crippen molar-refractivity contribution in [3.63, 3.8) is 0 Å². The molecule has 1 aliphatic heterocycles. The molecule has 0 aromatic heterocycles. The number of aliphatic hydroxyl groups is 2. The summed E-state index contributed by atoms with van der Waals surface area (Å²) in [5, 5.41) is 18.5. The number of hydrogen-bond acceptors (Lipinski definition) is 12. The van der Waals surface area contributed by atoms with Crippen molar-refractivity contribution in [2.24, 2.45) is 0 Å². The normalized spacial score (nSPS) is 33.3. The van der Waals surface area contributed by atoms with Crippen molar-refractivity contribution in [2.45, 2.75) is 18.3 Å². The zero-order valence-corrected chi connectivity index (χ0v) is 18.8. The first-order chi connectivity index (χ1) is 9.31. The molecule has 22 heavy (non-hydrogen) atoms. The van der Waals surface area contributed by atoms with E-state index in [2.05, 4.69) is 32.7 Å². The number of ether oxygens (including phenoxy) is 1. The van der Waals surface area contributed by atoms with Crippen LogP contribution in [0.15, 0.2) is 0 Å². The van der Waals surface area contributed by atoms with Gasteiger partial charge in [-0.15, -0.1) is 0 Å². The van der Waals surface area contributed by atoms with Gasteiger partial charge in [0.1, 0.15) is 0 Å².